The van der Waals surface area contributed by atoms with Crippen LogP contribution in [0.5, 0.6) is 0 Å². The predicted molar refractivity (Wildman–Crippen MR) is 83.3 cm³/mol. The Kier molecular flexibility index (Phi) is 5.60. The second kappa shape index (κ2) is 7.47. The van der Waals surface area contributed by atoms with Gasteiger partial charge in [-0.1, -0.05) is 12.1 Å². The van der Waals surface area contributed by atoms with E-state index in [1.54, 1.807) is 18.5 Å². The third kappa shape index (κ3) is 4.34. The predicted octanol–water partition coefficient (Wildman–Crippen LogP) is 2.68. The normalized spacial score (nSPS) is 12.0. The van der Waals surface area contributed by atoms with Crippen LogP contribution in [0.2, 0.25) is 0 Å². The molecule has 2 rings (SSSR count). The van der Waals surface area contributed by atoms with Gasteiger partial charge < -0.3 is 10.6 Å². The number of nitrogens with zero attached hydrogens (tertiary/aromatic N) is 2. The van der Waals surface area contributed by atoms with Gasteiger partial charge in [-0.15, -0.1) is 0 Å². The number of hydrogen-bond acceptors (Lipinski definition) is 6. The fourth-order valence-corrected chi connectivity index (χ4v) is 2.81. The van der Waals surface area contributed by atoms with Crippen molar-refractivity contribution in [2.24, 2.45) is 0 Å². The molecule has 130 valence electrons. The smallest absolute Gasteiger partial charge is 0.384 e. The lowest BCUT2D eigenvalue weighted by atomic mass is 10.3. The highest BCUT2D eigenvalue weighted by molar-refractivity contribution is 7.92. The van der Waals surface area contributed by atoms with Gasteiger partial charge in [-0.3, -0.25) is 0 Å². The maximum absolute atomic E-state index is 12.7. The lowest BCUT2D eigenvalue weighted by Crippen LogP contribution is -2.24. The van der Waals surface area contributed by atoms with Crippen LogP contribution in [-0.2, 0) is 9.84 Å². The molecule has 0 aliphatic carbocycles. The minimum absolute atomic E-state index is 0.0780. The summed E-state index contributed by atoms with van der Waals surface area (Å²) in [5.41, 5.74) is -5.41. The molecule has 0 fully saturated rings. The number of nitrogens with one attached hydrogen (secondary N) is 2. The van der Waals surface area contributed by atoms with E-state index in [2.05, 4.69) is 20.6 Å². The second-order valence-corrected chi connectivity index (χ2v) is 6.63. The van der Waals surface area contributed by atoms with E-state index in [1.165, 1.54) is 18.2 Å². The van der Waals surface area contributed by atoms with E-state index in [9.17, 15) is 21.6 Å². The zero-order valence-electron chi connectivity index (χ0n) is 12.4. The van der Waals surface area contributed by atoms with Gasteiger partial charge in [-0.25, -0.2) is 18.4 Å². The van der Waals surface area contributed by atoms with E-state index in [1.807, 2.05) is 0 Å². The van der Waals surface area contributed by atoms with Gasteiger partial charge in [0.05, 0.1) is 10.6 Å². The molecule has 24 heavy (non-hydrogen) atoms. The number of rotatable bonds is 7. The molecule has 1 aromatic heterocycles. The van der Waals surface area contributed by atoms with E-state index in [-0.39, 0.29) is 12.2 Å². The van der Waals surface area contributed by atoms with Crippen LogP contribution >= 0.6 is 0 Å². The highest BCUT2D eigenvalue weighted by Gasteiger charge is 2.47. The maximum atomic E-state index is 12.7. The van der Waals surface area contributed by atoms with Crippen molar-refractivity contribution in [2.45, 2.75) is 16.8 Å². The van der Waals surface area contributed by atoms with Crippen LogP contribution in [0.15, 0.2) is 47.6 Å². The molecule has 0 aliphatic heterocycles. The molecule has 0 amide bonds. The average Bonchev–Trinajstić information content (AvgIpc) is 2.55. The van der Waals surface area contributed by atoms with Gasteiger partial charge in [-0.05, 0) is 24.6 Å². The van der Waals surface area contributed by atoms with Crippen LogP contribution in [0, 0.1) is 0 Å². The first-order valence-corrected chi connectivity index (χ1v) is 8.46. The molecule has 0 saturated heterocycles. The third-order valence-electron chi connectivity index (χ3n) is 3.00. The first kappa shape index (κ1) is 18.0. The molecular weight excluding hydrogens is 345 g/mol. The number of anilines is 2. The summed E-state index contributed by atoms with van der Waals surface area (Å²) < 4.78 is 61.2. The summed E-state index contributed by atoms with van der Waals surface area (Å²) in [6.07, 6.45) is 3.68. The molecule has 2 N–H and O–H groups in total. The Bertz CT molecular complexity index is 767. The summed E-state index contributed by atoms with van der Waals surface area (Å²) in [4.78, 5) is 7.14. The second-order valence-electron chi connectivity index (χ2n) is 4.72. The van der Waals surface area contributed by atoms with Crippen molar-refractivity contribution in [1.82, 2.24) is 9.97 Å². The minimum Gasteiger partial charge on any atom is -0.384 e. The van der Waals surface area contributed by atoms with Gasteiger partial charge in [0.1, 0.15) is 0 Å². The molecular formula is C14H15F3N4O2S. The number of sulfone groups is 1. The summed E-state index contributed by atoms with van der Waals surface area (Å²) in [6.45, 7) is 0.759. The van der Waals surface area contributed by atoms with E-state index in [0.29, 0.717) is 18.9 Å². The van der Waals surface area contributed by atoms with Gasteiger partial charge in [0.15, 0.2) is 0 Å². The Hall–Kier alpha value is -2.36. The van der Waals surface area contributed by atoms with Gasteiger partial charge in [0.25, 0.3) is 9.84 Å². The molecule has 0 radical (unpaired) electrons. The molecule has 1 heterocycles. The molecule has 0 aliphatic rings. The summed E-state index contributed by atoms with van der Waals surface area (Å²) in [7, 11) is -5.39. The summed E-state index contributed by atoms with van der Waals surface area (Å²) in [5, 5.41) is 5.66. The molecule has 1 aromatic carbocycles. The summed E-state index contributed by atoms with van der Waals surface area (Å²) in [5.74, 6) is 0.442. The maximum Gasteiger partial charge on any atom is 0.501 e. The molecule has 6 nitrogen and oxygen atoms in total. The van der Waals surface area contributed by atoms with Crippen molar-refractivity contribution >= 4 is 21.5 Å². The average molecular weight is 360 g/mol. The van der Waals surface area contributed by atoms with Gasteiger partial charge in [0.2, 0.25) is 5.95 Å². The van der Waals surface area contributed by atoms with E-state index >= 15 is 0 Å². The highest BCUT2D eigenvalue weighted by atomic mass is 32.2. The van der Waals surface area contributed by atoms with E-state index < -0.39 is 20.2 Å². The summed E-state index contributed by atoms with van der Waals surface area (Å²) in [6, 6.07) is 6.62. The summed E-state index contributed by atoms with van der Waals surface area (Å²) >= 11 is 0. The fourth-order valence-electron chi connectivity index (χ4n) is 1.87. The Morgan fingerprint density at radius 1 is 0.958 bits per heavy atom. The highest BCUT2D eigenvalue weighted by Crippen LogP contribution is 2.34. The Labute approximate surface area is 137 Å². The van der Waals surface area contributed by atoms with Crippen LogP contribution in [-0.4, -0.2) is 37.0 Å². The molecule has 0 unspecified atom stereocenters. The van der Waals surface area contributed by atoms with Crippen molar-refractivity contribution < 1.29 is 21.6 Å². The van der Waals surface area contributed by atoms with Gasteiger partial charge in [-0.2, -0.15) is 13.2 Å². The van der Waals surface area contributed by atoms with Crippen LogP contribution in [0.25, 0.3) is 0 Å². The molecule has 0 atom stereocenters. The molecule has 0 bridgehead atoms. The molecule has 0 spiro atoms. The Balaban J connectivity index is 1.94. The first-order valence-electron chi connectivity index (χ1n) is 6.97. The Morgan fingerprint density at radius 3 is 2.25 bits per heavy atom. The minimum atomic E-state index is -5.39. The lowest BCUT2D eigenvalue weighted by molar-refractivity contribution is -0.0435. The number of para-hydroxylation sites is 1. The number of aromatic nitrogens is 2. The van der Waals surface area contributed by atoms with Crippen molar-refractivity contribution in [3.05, 3.63) is 42.7 Å². The third-order valence-corrected chi connectivity index (χ3v) is 4.54. The topological polar surface area (TPSA) is 84.0 Å². The fraction of sp³-hybridized carbons (Fsp3) is 0.286. The molecule has 10 heteroatoms. The zero-order chi connectivity index (χ0) is 17.6. The number of halogens is 3. The largest absolute Gasteiger partial charge is 0.501 e. The van der Waals surface area contributed by atoms with Crippen molar-refractivity contribution in [3.63, 3.8) is 0 Å². The quantitative estimate of drug-likeness (QED) is 0.739. The number of hydrogen-bond donors (Lipinski definition) is 2. The standard InChI is InChI=1S/C14H15F3N4O2S/c15-14(16,17)24(22,23)12-6-2-1-5-11(12)18-7-3-8-19-13-20-9-4-10-21-13/h1-2,4-6,9-10,18H,3,7-8H2,(H,19,20,21). The zero-order valence-corrected chi connectivity index (χ0v) is 13.2. The van der Waals surface area contributed by atoms with Crippen LogP contribution < -0.4 is 10.6 Å². The van der Waals surface area contributed by atoms with E-state index in [0.717, 1.165) is 6.07 Å². The van der Waals surface area contributed by atoms with Crippen LogP contribution in [0.1, 0.15) is 6.42 Å². The van der Waals surface area contributed by atoms with Crippen molar-refractivity contribution in [1.29, 1.82) is 0 Å². The SMILES string of the molecule is O=S(=O)(c1ccccc1NCCCNc1ncccn1)C(F)(F)F. The lowest BCUT2D eigenvalue weighted by Gasteiger charge is -2.14. The van der Waals surface area contributed by atoms with Gasteiger partial charge in [0, 0.05) is 25.5 Å². The van der Waals surface area contributed by atoms with Crippen LogP contribution in [0.3, 0.4) is 0 Å². The van der Waals surface area contributed by atoms with Crippen molar-refractivity contribution in [3.8, 4) is 0 Å². The Morgan fingerprint density at radius 2 is 1.58 bits per heavy atom. The van der Waals surface area contributed by atoms with Crippen molar-refractivity contribution in [2.75, 3.05) is 23.7 Å². The first-order chi connectivity index (χ1) is 11.3. The van der Waals surface area contributed by atoms with Gasteiger partial charge >= 0.3 is 5.51 Å². The van der Waals surface area contributed by atoms with E-state index in [4.69, 9.17) is 0 Å². The monoisotopic (exact) mass is 360 g/mol. The number of benzene rings is 1. The number of alkyl halides is 3. The van der Waals surface area contributed by atoms with Crippen LogP contribution in [0.4, 0.5) is 24.8 Å². The molecule has 0 saturated carbocycles. The molecule has 2 aromatic rings.